The standard InChI is InChI=1S/C15H15F2N/c1-2-14(18)11-8-6-10(7-9-11)12-4-3-5-13(16)15(12)17/h3-9,14H,2,18H2,1H3. The highest BCUT2D eigenvalue weighted by molar-refractivity contribution is 5.64. The van der Waals surface area contributed by atoms with Crippen molar-refractivity contribution >= 4 is 0 Å². The topological polar surface area (TPSA) is 26.0 Å². The van der Waals surface area contributed by atoms with Crippen LogP contribution in [0.15, 0.2) is 42.5 Å². The van der Waals surface area contributed by atoms with Gasteiger partial charge in [-0.15, -0.1) is 0 Å². The van der Waals surface area contributed by atoms with Gasteiger partial charge in [0.1, 0.15) is 0 Å². The fraction of sp³-hybridized carbons (Fsp3) is 0.200. The number of hydrogen-bond acceptors (Lipinski definition) is 1. The van der Waals surface area contributed by atoms with Crippen LogP contribution in [0.5, 0.6) is 0 Å². The Bertz CT molecular complexity index is 535. The molecular weight excluding hydrogens is 232 g/mol. The van der Waals surface area contributed by atoms with Crippen molar-refractivity contribution in [2.45, 2.75) is 19.4 Å². The molecule has 0 saturated heterocycles. The second-order valence-electron chi connectivity index (χ2n) is 4.24. The molecule has 0 radical (unpaired) electrons. The summed E-state index contributed by atoms with van der Waals surface area (Å²) < 4.78 is 26.7. The van der Waals surface area contributed by atoms with Gasteiger partial charge in [0.25, 0.3) is 0 Å². The van der Waals surface area contributed by atoms with Gasteiger partial charge in [-0.05, 0) is 23.6 Å². The molecule has 0 aliphatic rings. The Morgan fingerprint density at radius 1 is 1.06 bits per heavy atom. The smallest absolute Gasteiger partial charge is 0.166 e. The summed E-state index contributed by atoms with van der Waals surface area (Å²) in [6.45, 7) is 2.00. The van der Waals surface area contributed by atoms with Crippen molar-refractivity contribution in [1.29, 1.82) is 0 Å². The van der Waals surface area contributed by atoms with E-state index in [0.717, 1.165) is 18.1 Å². The molecule has 0 saturated carbocycles. The lowest BCUT2D eigenvalue weighted by molar-refractivity contribution is 0.511. The van der Waals surface area contributed by atoms with Crippen LogP contribution >= 0.6 is 0 Å². The first kappa shape index (κ1) is 12.7. The molecule has 2 rings (SSSR count). The minimum atomic E-state index is -0.832. The van der Waals surface area contributed by atoms with Gasteiger partial charge in [-0.25, -0.2) is 8.78 Å². The van der Waals surface area contributed by atoms with E-state index in [4.69, 9.17) is 5.73 Å². The number of halogens is 2. The van der Waals surface area contributed by atoms with Crippen molar-refractivity contribution in [3.63, 3.8) is 0 Å². The van der Waals surface area contributed by atoms with Crippen LogP contribution in [-0.2, 0) is 0 Å². The van der Waals surface area contributed by atoms with E-state index in [1.54, 1.807) is 18.2 Å². The lowest BCUT2D eigenvalue weighted by Gasteiger charge is -2.10. The largest absolute Gasteiger partial charge is 0.324 e. The maximum absolute atomic E-state index is 13.6. The average molecular weight is 247 g/mol. The summed E-state index contributed by atoms with van der Waals surface area (Å²) in [5.74, 6) is -1.65. The Labute approximate surface area is 105 Å². The molecule has 0 heterocycles. The van der Waals surface area contributed by atoms with Gasteiger partial charge >= 0.3 is 0 Å². The fourth-order valence-electron chi connectivity index (χ4n) is 1.87. The second-order valence-corrected chi connectivity index (χ2v) is 4.24. The quantitative estimate of drug-likeness (QED) is 0.870. The third-order valence-corrected chi connectivity index (χ3v) is 3.04. The van der Waals surface area contributed by atoms with Crippen LogP contribution in [0.3, 0.4) is 0 Å². The molecule has 0 bridgehead atoms. The molecule has 0 amide bonds. The summed E-state index contributed by atoms with van der Waals surface area (Å²) >= 11 is 0. The molecular formula is C15H15F2N. The Morgan fingerprint density at radius 3 is 2.33 bits per heavy atom. The average Bonchev–Trinajstić information content (AvgIpc) is 2.41. The minimum absolute atomic E-state index is 0.0172. The Kier molecular flexibility index (Phi) is 3.72. The number of benzene rings is 2. The van der Waals surface area contributed by atoms with E-state index in [1.165, 1.54) is 6.07 Å². The third kappa shape index (κ3) is 2.41. The molecule has 18 heavy (non-hydrogen) atoms. The highest BCUT2D eigenvalue weighted by Gasteiger charge is 2.10. The maximum Gasteiger partial charge on any atom is 0.166 e. The normalized spacial score (nSPS) is 12.4. The van der Waals surface area contributed by atoms with Crippen LogP contribution in [0.1, 0.15) is 24.9 Å². The summed E-state index contributed by atoms with van der Waals surface area (Å²) in [5, 5.41) is 0. The van der Waals surface area contributed by atoms with Gasteiger partial charge in [-0.3, -0.25) is 0 Å². The van der Waals surface area contributed by atoms with Crippen LogP contribution in [0, 0.1) is 11.6 Å². The van der Waals surface area contributed by atoms with Gasteiger partial charge in [0.05, 0.1) is 0 Å². The first-order valence-corrected chi connectivity index (χ1v) is 5.93. The monoisotopic (exact) mass is 247 g/mol. The number of rotatable bonds is 3. The predicted molar refractivity (Wildman–Crippen MR) is 69.0 cm³/mol. The van der Waals surface area contributed by atoms with Gasteiger partial charge in [0.15, 0.2) is 11.6 Å². The highest BCUT2D eigenvalue weighted by Crippen LogP contribution is 2.25. The summed E-state index contributed by atoms with van der Waals surface area (Å²) in [7, 11) is 0. The Balaban J connectivity index is 2.37. The van der Waals surface area contributed by atoms with E-state index in [2.05, 4.69) is 0 Å². The maximum atomic E-state index is 13.6. The van der Waals surface area contributed by atoms with E-state index in [0.29, 0.717) is 5.56 Å². The summed E-state index contributed by atoms with van der Waals surface area (Å²) in [6, 6.07) is 11.4. The van der Waals surface area contributed by atoms with Crippen LogP contribution in [0.4, 0.5) is 8.78 Å². The Hall–Kier alpha value is -1.74. The molecule has 1 nitrogen and oxygen atoms in total. The lowest BCUT2D eigenvalue weighted by atomic mass is 10.00. The van der Waals surface area contributed by atoms with Crippen molar-refractivity contribution in [2.24, 2.45) is 5.73 Å². The van der Waals surface area contributed by atoms with Crippen molar-refractivity contribution in [1.82, 2.24) is 0 Å². The van der Waals surface area contributed by atoms with E-state index < -0.39 is 11.6 Å². The zero-order valence-corrected chi connectivity index (χ0v) is 10.2. The summed E-state index contributed by atoms with van der Waals surface area (Å²) in [4.78, 5) is 0. The molecule has 0 aliphatic heterocycles. The third-order valence-electron chi connectivity index (χ3n) is 3.04. The SMILES string of the molecule is CCC(N)c1ccc(-c2cccc(F)c2F)cc1. The molecule has 2 aromatic rings. The molecule has 0 fully saturated rings. The summed E-state index contributed by atoms with van der Waals surface area (Å²) in [6.07, 6.45) is 0.841. The highest BCUT2D eigenvalue weighted by atomic mass is 19.2. The second kappa shape index (κ2) is 5.27. The van der Waals surface area contributed by atoms with Gasteiger partial charge in [-0.2, -0.15) is 0 Å². The molecule has 1 unspecified atom stereocenters. The van der Waals surface area contributed by atoms with Crippen molar-refractivity contribution in [3.8, 4) is 11.1 Å². The van der Waals surface area contributed by atoms with Crippen LogP contribution in [0.25, 0.3) is 11.1 Å². The van der Waals surface area contributed by atoms with Gasteiger partial charge in [0, 0.05) is 11.6 Å². The minimum Gasteiger partial charge on any atom is -0.324 e. The van der Waals surface area contributed by atoms with Gasteiger partial charge < -0.3 is 5.73 Å². The van der Waals surface area contributed by atoms with Crippen molar-refractivity contribution in [3.05, 3.63) is 59.7 Å². The number of nitrogens with two attached hydrogens (primary N) is 1. The summed E-state index contributed by atoms with van der Waals surface area (Å²) in [5.41, 5.74) is 7.82. The zero-order chi connectivity index (χ0) is 13.1. The van der Waals surface area contributed by atoms with Crippen LogP contribution in [0.2, 0.25) is 0 Å². The molecule has 0 aliphatic carbocycles. The lowest BCUT2D eigenvalue weighted by Crippen LogP contribution is -2.08. The molecule has 94 valence electrons. The van der Waals surface area contributed by atoms with Gasteiger partial charge in [0.2, 0.25) is 0 Å². The van der Waals surface area contributed by atoms with Crippen LogP contribution < -0.4 is 5.73 Å². The molecule has 0 spiro atoms. The van der Waals surface area contributed by atoms with Crippen LogP contribution in [-0.4, -0.2) is 0 Å². The number of hydrogen-bond donors (Lipinski definition) is 1. The van der Waals surface area contributed by atoms with Crippen molar-refractivity contribution < 1.29 is 8.78 Å². The predicted octanol–water partition coefficient (Wildman–Crippen LogP) is 4.04. The molecule has 0 aromatic heterocycles. The molecule has 2 aromatic carbocycles. The van der Waals surface area contributed by atoms with E-state index in [-0.39, 0.29) is 11.6 Å². The van der Waals surface area contributed by atoms with E-state index >= 15 is 0 Å². The van der Waals surface area contributed by atoms with E-state index in [1.807, 2.05) is 19.1 Å². The molecule has 3 heteroatoms. The first-order valence-electron chi connectivity index (χ1n) is 5.93. The zero-order valence-electron chi connectivity index (χ0n) is 10.2. The molecule has 2 N–H and O–H groups in total. The Morgan fingerprint density at radius 2 is 1.72 bits per heavy atom. The molecule has 1 atom stereocenters. The fourth-order valence-corrected chi connectivity index (χ4v) is 1.87. The van der Waals surface area contributed by atoms with E-state index in [9.17, 15) is 8.78 Å². The van der Waals surface area contributed by atoms with Gasteiger partial charge in [-0.1, -0.05) is 43.3 Å². The first-order chi connectivity index (χ1) is 8.63. The van der Waals surface area contributed by atoms with Crippen molar-refractivity contribution in [2.75, 3.05) is 0 Å².